The second-order valence-corrected chi connectivity index (χ2v) is 6.94. The summed E-state index contributed by atoms with van der Waals surface area (Å²) >= 11 is 0. The molecule has 6 nitrogen and oxygen atoms in total. The van der Waals surface area contributed by atoms with Crippen LogP contribution in [-0.2, 0) is 11.2 Å². The molecule has 2 aromatic rings. The average molecular weight is 483 g/mol. The Kier molecular flexibility index (Phi) is 7.94. The molecule has 1 aromatic heterocycles. The number of benzene rings is 1. The van der Waals surface area contributed by atoms with Crippen molar-refractivity contribution in [3.05, 3.63) is 35.5 Å². The number of fused-ring (bicyclic) bond motifs is 1. The normalized spacial score (nSPS) is 17.1. The Morgan fingerprint density at radius 2 is 2.22 bits per heavy atom. The molecule has 0 saturated carbocycles. The summed E-state index contributed by atoms with van der Waals surface area (Å²) in [5, 5.41) is 8.11. The minimum atomic E-state index is 0. The van der Waals surface area contributed by atoms with Gasteiger partial charge in [-0.2, -0.15) is 0 Å². The van der Waals surface area contributed by atoms with Crippen LogP contribution in [0, 0.1) is 6.92 Å². The van der Waals surface area contributed by atoms with E-state index in [4.69, 9.17) is 0 Å². The van der Waals surface area contributed by atoms with Crippen molar-refractivity contribution in [1.82, 2.24) is 20.5 Å². The Morgan fingerprint density at radius 1 is 1.41 bits per heavy atom. The molecule has 3 rings (SSSR count). The highest BCUT2D eigenvalue weighted by Crippen LogP contribution is 2.19. The van der Waals surface area contributed by atoms with E-state index in [1.165, 1.54) is 22.0 Å². The number of amides is 1. The average Bonchev–Trinajstić information content (AvgIpc) is 3.27. The number of carbonyl (C=O) groups is 1. The van der Waals surface area contributed by atoms with Crippen molar-refractivity contribution in [3.63, 3.8) is 0 Å². The zero-order valence-electron chi connectivity index (χ0n) is 16.3. The number of nitrogens with zero attached hydrogens (tertiary/aromatic N) is 2. The molecule has 1 aliphatic rings. The lowest BCUT2D eigenvalue weighted by Gasteiger charge is -2.18. The molecule has 27 heavy (non-hydrogen) atoms. The van der Waals surface area contributed by atoms with Gasteiger partial charge >= 0.3 is 0 Å². The number of rotatable bonds is 5. The summed E-state index contributed by atoms with van der Waals surface area (Å²) in [5.74, 6) is 1.03. The van der Waals surface area contributed by atoms with Gasteiger partial charge in [0.05, 0.1) is 0 Å². The van der Waals surface area contributed by atoms with Crippen LogP contribution in [-0.4, -0.2) is 54.5 Å². The number of halogens is 1. The van der Waals surface area contributed by atoms with Gasteiger partial charge in [0.1, 0.15) is 0 Å². The fourth-order valence-corrected chi connectivity index (χ4v) is 3.54. The SMILES string of the molecule is CCC(=O)N1CCC(NC(=NC)NCCc2c[nH]c3cc(C)ccc23)C1.I. The van der Waals surface area contributed by atoms with Gasteiger partial charge in [0.25, 0.3) is 0 Å². The number of aromatic amines is 1. The monoisotopic (exact) mass is 483 g/mol. The number of hydrogen-bond donors (Lipinski definition) is 3. The van der Waals surface area contributed by atoms with Crippen LogP contribution in [0.1, 0.15) is 30.9 Å². The molecule has 1 atom stereocenters. The van der Waals surface area contributed by atoms with Crippen LogP contribution >= 0.6 is 24.0 Å². The van der Waals surface area contributed by atoms with E-state index < -0.39 is 0 Å². The summed E-state index contributed by atoms with van der Waals surface area (Å²) < 4.78 is 0. The van der Waals surface area contributed by atoms with Crippen molar-refractivity contribution in [1.29, 1.82) is 0 Å². The lowest BCUT2D eigenvalue weighted by atomic mass is 10.1. The van der Waals surface area contributed by atoms with Crippen LogP contribution in [0.25, 0.3) is 10.9 Å². The van der Waals surface area contributed by atoms with Gasteiger partial charge in [-0.15, -0.1) is 24.0 Å². The molecule has 3 N–H and O–H groups in total. The first-order chi connectivity index (χ1) is 12.6. The molecule has 1 fully saturated rings. The number of hydrogen-bond acceptors (Lipinski definition) is 2. The third-order valence-corrected chi connectivity index (χ3v) is 5.02. The lowest BCUT2D eigenvalue weighted by molar-refractivity contribution is -0.129. The van der Waals surface area contributed by atoms with Gasteiger partial charge in [0, 0.05) is 56.2 Å². The molecule has 1 aromatic carbocycles. The molecule has 0 radical (unpaired) electrons. The largest absolute Gasteiger partial charge is 0.361 e. The number of aromatic nitrogens is 1. The van der Waals surface area contributed by atoms with E-state index in [2.05, 4.69) is 51.9 Å². The Labute approximate surface area is 178 Å². The maximum atomic E-state index is 11.8. The molecule has 7 heteroatoms. The van der Waals surface area contributed by atoms with Crippen molar-refractivity contribution in [2.24, 2.45) is 4.99 Å². The Morgan fingerprint density at radius 3 is 2.96 bits per heavy atom. The highest BCUT2D eigenvalue weighted by Gasteiger charge is 2.25. The highest BCUT2D eigenvalue weighted by molar-refractivity contribution is 14.0. The summed E-state index contributed by atoms with van der Waals surface area (Å²) in [5.41, 5.74) is 3.76. The zero-order valence-corrected chi connectivity index (χ0v) is 18.7. The van der Waals surface area contributed by atoms with E-state index in [0.717, 1.165) is 38.4 Å². The summed E-state index contributed by atoms with van der Waals surface area (Å²) in [6.07, 6.45) is 4.56. The molecule has 148 valence electrons. The van der Waals surface area contributed by atoms with Crippen molar-refractivity contribution in [3.8, 4) is 0 Å². The molecular formula is C20H30IN5O. The number of nitrogens with one attached hydrogen (secondary N) is 3. The van der Waals surface area contributed by atoms with E-state index in [-0.39, 0.29) is 35.9 Å². The van der Waals surface area contributed by atoms with Gasteiger partial charge in [-0.25, -0.2) is 0 Å². The van der Waals surface area contributed by atoms with E-state index in [1.807, 2.05) is 11.8 Å². The quantitative estimate of drug-likeness (QED) is 0.348. The van der Waals surface area contributed by atoms with Crippen molar-refractivity contribution >= 4 is 46.7 Å². The molecule has 2 heterocycles. The second kappa shape index (κ2) is 9.96. The number of aryl methyl sites for hydroxylation is 1. The first-order valence-corrected chi connectivity index (χ1v) is 9.42. The predicted molar refractivity (Wildman–Crippen MR) is 122 cm³/mol. The first kappa shape index (κ1) is 21.5. The van der Waals surface area contributed by atoms with Crippen molar-refractivity contribution in [2.75, 3.05) is 26.7 Å². The molecule has 0 aliphatic carbocycles. The molecule has 0 bridgehead atoms. The fourth-order valence-electron chi connectivity index (χ4n) is 3.54. The van der Waals surface area contributed by atoms with Gasteiger partial charge in [0.15, 0.2) is 5.96 Å². The van der Waals surface area contributed by atoms with Gasteiger partial charge in [-0.05, 0) is 37.0 Å². The molecule has 0 spiro atoms. The van der Waals surface area contributed by atoms with Crippen LogP contribution in [0.5, 0.6) is 0 Å². The van der Waals surface area contributed by atoms with Gasteiger partial charge in [-0.1, -0.05) is 19.1 Å². The fraction of sp³-hybridized carbons (Fsp3) is 0.500. The number of H-pyrrole nitrogens is 1. The highest BCUT2D eigenvalue weighted by atomic mass is 127. The van der Waals surface area contributed by atoms with Crippen LogP contribution < -0.4 is 10.6 Å². The summed E-state index contributed by atoms with van der Waals surface area (Å²) in [7, 11) is 1.79. The van der Waals surface area contributed by atoms with E-state index >= 15 is 0 Å². The second-order valence-electron chi connectivity index (χ2n) is 6.94. The van der Waals surface area contributed by atoms with E-state index in [9.17, 15) is 4.79 Å². The Balaban J connectivity index is 0.00000261. The van der Waals surface area contributed by atoms with Gasteiger partial charge in [-0.3, -0.25) is 9.79 Å². The molecular weight excluding hydrogens is 453 g/mol. The van der Waals surface area contributed by atoms with E-state index in [0.29, 0.717) is 6.42 Å². The van der Waals surface area contributed by atoms with Gasteiger partial charge in [0.2, 0.25) is 5.91 Å². The standard InChI is InChI=1S/C20H29N5O.HI/c1-4-19(26)25-10-8-16(13-25)24-20(21-3)22-9-7-15-12-23-18-11-14(2)5-6-17(15)18;/h5-6,11-12,16,23H,4,7-10,13H2,1-3H3,(H2,21,22,24);1H. The third kappa shape index (κ3) is 5.37. The Hall–Kier alpha value is -1.77. The lowest BCUT2D eigenvalue weighted by Crippen LogP contribution is -2.45. The van der Waals surface area contributed by atoms with Crippen LogP contribution in [0.3, 0.4) is 0 Å². The molecule has 1 saturated heterocycles. The number of likely N-dealkylation sites (tertiary alicyclic amines) is 1. The number of aliphatic imine (C=N–C) groups is 1. The molecule has 1 amide bonds. The van der Waals surface area contributed by atoms with Crippen molar-refractivity contribution in [2.45, 2.75) is 39.2 Å². The predicted octanol–water partition coefficient (Wildman–Crippen LogP) is 2.81. The minimum absolute atomic E-state index is 0. The number of carbonyl (C=O) groups excluding carboxylic acids is 1. The summed E-state index contributed by atoms with van der Waals surface area (Å²) in [6.45, 7) is 6.42. The van der Waals surface area contributed by atoms with Gasteiger partial charge < -0.3 is 20.5 Å². The molecule has 1 unspecified atom stereocenters. The van der Waals surface area contributed by atoms with E-state index in [1.54, 1.807) is 7.05 Å². The summed E-state index contributed by atoms with van der Waals surface area (Å²) in [4.78, 5) is 21.4. The van der Waals surface area contributed by atoms with Crippen LogP contribution in [0.2, 0.25) is 0 Å². The first-order valence-electron chi connectivity index (χ1n) is 9.42. The minimum Gasteiger partial charge on any atom is -0.361 e. The third-order valence-electron chi connectivity index (χ3n) is 5.02. The maximum Gasteiger partial charge on any atom is 0.222 e. The topological polar surface area (TPSA) is 72.5 Å². The number of guanidine groups is 1. The summed E-state index contributed by atoms with van der Waals surface area (Å²) in [6, 6.07) is 6.78. The smallest absolute Gasteiger partial charge is 0.222 e. The Bertz CT molecular complexity index is 801. The zero-order chi connectivity index (χ0) is 18.5. The maximum absolute atomic E-state index is 11.8. The molecule has 1 aliphatic heterocycles. The van der Waals surface area contributed by atoms with Crippen LogP contribution in [0.15, 0.2) is 29.4 Å². The van der Waals surface area contributed by atoms with Crippen molar-refractivity contribution < 1.29 is 4.79 Å². The van der Waals surface area contributed by atoms with Crippen LogP contribution in [0.4, 0.5) is 0 Å².